The van der Waals surface area contributed by atoms with Crippen LogP contribution in [0.4, 0.5) is 5.82 Å². The number of rotatable bonds is 9. The summed E-state index contributed by atoms with van der Waals surface area (Å²) in [5.74, 6) is 1.74. The smallest absolute Gasteiger partial charge is 0.131 e. The molecule has 0 unspecified atom stereocenters. The predicted molar refractivity (Wildman–Crippen MR) is 85.3 cm³/mol. The lowest BCUT2D eigenvalue weighted by atomic mass is 10.2. The zero-order valence-electron chi connectivity index (χ0n) is 13.6. The van der Waals surface area contributed by atoms with Crippen LogP contribution in [0.3, 0.4) is 0 Å². The van der Waals surface area contributed by atoms with E-state index in [1.807, 2.05) is 6.20 Å². The summed E-state index contributed by atoms with van der Waals surface area (Å²) >= 11 is 0. The average molecular weight is 279 g/mol. The topological polar surface area (TPSA) is 37.4 Å². The Morgan fingerprint density at radius 2 is 2.15 bits per heavy atom. The van der Waals surface area contributed by atoms with Crippen molar-refractivity contribution in [3.8, 4) is 0 Å². The number of nitrogens with one attached hydrogen (secondary N) is 1. The van der Waals surface area contributed by atoms with Crippen molar-refractivity contribution in [2.75, 3.05) is 38.8 Å². The number of aromatic nitrogens is 1. The van der Waals surface area contributed by atoms with Gasteiger partial charge in [-0.1, -0.05) is 13.8 Å². The van der Waals surface area contributed by atoms with Gasteiger partial charge in [-0.3, -0.25) is 0 Å². The van der Waals surface area contributed by atoms with Gasteiger partial charge >= 0.3 is 0 Å². The summed E-state index contributed by atoms with van der Waals surface area (Å²) in [6.07, 6.45) is 2.99. The molecule has 114 valence electrons. The van der Waals surface area contributed by atoms with Crippen molar-refractivity contribution in [1.82, 2.24) is 10.3 Å². The second kappa shape index (κ2) is 8.93. The standard InChI is InChI=1S/C16H29N3O/c1-13(2)10-17-11-15-9-14(3)16(18-12-15)19(4)7-6-8-20-5/h9,12-13,17H,6-8,10-11H2,1-5H3. The van der Waals surface area contributed by atoms with Crippen LogP contribution in [0.5, 0.6) is 0 Å². The van der Waals surface area contributed by atoms with Crippen molar-refractivity contribution >= 4 is 5.82 Å². The summed E-state index contributed by atoms with van der Waals surface area (Å²) < 4.78 is 5.09. The molecular formula is C16H29N3O. The maximum absolute atomic E-state index is 5.09. The Morgan fingerprint density at radius 3 is 2.75 bits per heavy atom. The molecule has 0 aliphatic rings. The van der Waals surface area contributed by atoms with E-state index >= 15 is 0 Å². The minimum atomic E-state index is 0.676. The molecule has 1 N–H and O–H groups in total. The minimum Gasteiger partial charge on any atom is -0.385 e. The van der Waals surface area contributed by atoms with Crippen LogP contribution in [0.15, 0.2) is 12.3 Å². The van der Waals surface area contributed by atoms with Gasteiger partial charge in [0, 0.05) is 40.1 Å². The molecule has 0 fully saturated rings. The molecule has 1 heterocycles. The van der Waals surface area contributed by atoms with Crippen molar-refractivity contribution in [2.24, 2.45) is 5.92 Å². The van der Waals surface area contributed by atoms with Gasteiger partial charge in [0.05, 0.1) is 0 Å². The van der Waals surface area contributed by atoms with Crippen LogP contribution in [0.2, 0.25) is 0 Å². The van der Waals surface area contributed by atoms with Crippen LogP contribution in [0, 0.1) is 12.8 Å². The summed E-state index contributed by atoms with van der Waals surface area (Å²) in [6.45, 7) is 10.2. The highest BCUT2D eigenvalue weighted by Gasteiger charge is 2.07. The predicted octanol–water partition coefficient (Wildman–Crippen LogP) is 2.61. The SMILES string of the molecule is COCCCN(C)c1ncc(CNCC(C)C)cc1C. The molecule has 0 bridgehead atoms. The lowest BCUT2D eigenvalue weighted by molar-refractivity contribution is 0.196. The monoisotopic (exact) mass is 279 g/mol. The highest BCUT2D eigenvalue weighted by molar-refractivity contribution is 5.46. The van der Waals surface area contributed by atoms with Gasteiger partial charge in [-0.25, -0.2) is 4.98 Å². The normalized spacial score (nSPS) is 11.1. The van der Waals surface area contributed by atoms with Gasteiger partial charge in [0.2, 0.25) is 0 Å². The van der Waals surface area contributed by atoms with Gasteiger partial charge in [0.25, 0.3) is 0 Å². The molecule has 4 nitrogen and oxygen atoms in total. The molecule has 1 aromatic heterocycles. The summed E-state index contributed by atoms with van der Waals surface area (Å²) in [4.78, 5) is 6.79. The maximum atomic E-state index is 5.09. The van der Waals surface area contributed by atoms with E-state index in [4.69, 9.17) is 4.74 Å². The second-order valence-corrected chi connectivity index (χ2v) is 5.78. The lowest BCUT2D eigenvalue weighted by Crippen LogP contribution is -2.22. The quantitative estimate of drug-likeness (QED) is 0.705. The molecule has 4 heteroatoms. The minimum absolute atomic E-state index is 0.676. The Labute approximate surface area is 123 Å². The van der Waals surface area contributed by atoms with E-state index in [1.165, 1.54) is 11.1 Å². The third kappa shape index (κ3) is 5.88. The van der Waals surface area contributed by atoms with Crippen LogP contribution in [0.1, 0.15) is 31.4 Å². The molecule has 0 amide bonds. The fourth-order valence-corrected chi connectivity index (χ4v) is 2.18. The maximum Gasteiger partial charge on any atom is 0.131 e. The molecule has 1 rings (SSSR count). The molecule has 0 radical (unpaired) electrons. The first-order chi connectivity index (χ1) is 9.54. The number of hydrogen-bond acceptors (Lipinski definition) is 4. The van der Waals surface area contributed by atoms with Crippen molar-refractivity contribution in [3.05, 3.63) is 23.4 Å². The number of nitrogens with zero attached hydrogens (tertiary/aromatic N) is 2. The molecular weight excluding hydrogens is 250 g/mol. The summed E-state index contributed by atoms with van der Waals surface area (Å²) in [5, 5.41) is 3.45. The Hall–Kier alpha value is -1.13. The van der Waals surface area contributed by atoms with E-state index in [2.05, 4.69) is 49.1 Å². The second-order valence-electron chi connectivity index (χ2n) is 5.78. The number of aryl methyl sites for hydroxylation is 1. The van der Waals surface area contributed by atoms with Gasteiger partial charge in [0.15, 0.2) is 0 Å². The van der Waals surface area contributed by atoms with Gasteiger partial charge in [-0.05, 0) is 43.0 Å². The van der Waals surface area contributed by atoms with Crippen LogP contribution in [-0.2, 0) is 11.3 Å². The van der Waals surface area contributed by atoms with Crippen LogP contribution < -0.4 is 10.2 Å². The zero-order chi connectivity index (χ0) is 15.0. The zero-order valence-corrected chi connectivity index (χ0v) is 13.6. The molecule has 0 spiro atoms. The molecule has 1 aromatic rings. The number of ether oxygens (including phenoxy) is 1. The van der Waals surface area contributed by atoms with Crippen molar-refractivity contribution in [2.45, 2.75) is 33.7 Å². The first-order valence-corrected chi connectivity index (χ1v) is 7.41. The number of pyridine rings is 1. The van der Waals surface area contributed by atoms with Crippen LogP contribution >= 0.6 is 0 Å². The largest absolute Gasteiger partial charge is 0.385 e. The van der Waals surface area contributed by atoms with Gasteiger partial charge < -0.3 is 15.0 Å². The fraction of sp³-hybridized carbons (Fsp3) is 0.688. The van der Waals surface area contributed by atoms with E-state index in [1.54, 1.807) is 7.11 Å². The molecule has 0 aliphatic heterocycles. The van der Waals surface area contributed by atoms with Gasteiger partial charge in [0.1, 0.15) is 5.82 Å². The van der Waals surface area contributed by atoms with Crippen molar-refractivity contribution < 1.29 is 4.74 Å². The Bertz CT molecular complexity index is 393. The van der Waals surface area contributed by atoms with Crippen LogP contribution in [0.25, 0.3) is 0 Å². The number of methoxy groups -OCH3 is 1. The fourth-order valence-electron chi connectivity index (χ4n) is 2.18. The number of anilines is 1. The average Bonchev–Trinajstić information content (AvgIpc) is 2.38. The first-order valence-electron chi connectivity index (χ1n) is 7.41. The van der Waals surface area contributed by atoms with E-state index in [0.717, 1.165) is 38.5 Å². The lowest BCUT2D eigenvalue weighted by Gasteiger charge is -2.20. The van der Waals surface area contributed by atoms with Crippen LogP contribution in [-0.4, -0.2) is 38.8 Å². The Kier molecular flexibility index (Phi) is 7.55. The molecule has 0 aliphatic carbocycles. The molecule has 0 saturated carbocycles. The Balaban J connectivity index is 2.54. The highest BCUT2D eigenvalue weighted by atomic mass is 16.5. The molecule has 0 atom stereocenters. The van der Waals surface area contributed by atoms with Crippen molar-refractivity contribution in [3.63, 3.8) is 0 Å². The Morgan fingerprint density at radius 1 is 1.40 bits per heavy atom. The third-order valence-corrected chi connectivity index (χ3v) is 3.19. The van der Waals surface area contributed by atoms with E-state index < -0.39 is 0 Å². The van der Waals surface area contributed by atoms with Gasteiger partial charge in [-0.15, -0.1) is 0 Å². The van der Waals surface area contributed by atoms with E-state index in [-0.39, 0.29) is 0 Å². The molecule has 0 saturated heterocycles. The van der Waals surface area contributed by atoms with E-state index in [0.29, 0.717) is 5.92 Å². The highest BCUT2D eigenvalue weighted by Crippen LogP contribution is 2.16. The van der Waals surface area contributed by atoms with Gasteiger partial charge in [-0.2, -0.15) is 0 Å². The summed E-state index contributed by atoms with van der Waals surface area (Å²) in [6, 6.07) is 2.22. The van der Waals surface area contributed by atoms with Crippen molar-refractivity contribution in [1.29, 1.82) is 0 Å². The molecule has 20 heavy (non-hydrogen) atoms. The molecule has 0 aromatic carbocycles. The number of hydrogen-bond donors (Lipinski definition) is 1. The summed E-state index contributed by atoms with van der Waals surface area (Å²) in [7, 11) is 3.82. The third-order valence-electron chi connectivity index (χ3n) is 3.19. The van der Waals surface area contributed by atoms with E-state index in [9.17, 15) is 0 Å². The summed E-state index contributed by atoms with van der Waals surface area (Å²) in [5.41, 5.74) is 2.48. The first kappa shape index (κ1) is 16.9.